The number of non-ortho nitro benzene ring substituents is 2. The van der Waals surface area contributed by atoms with E-state index in [0.29, 0.717) is 32.4 Å². The first kappa shape index (κ1) is 29.0. The molecule has 5 rings (SSSR count). The number of hydrogen-bond acceptors (Lipinski definition) is 11. The number of fused-ring (bicyclic) bond motifs is 2. The van der Waals surface area contributed by atoms with Crippen molar-refractivity contribution in [3.63, 3.8) is 0 Å². The van der Waals surface area contributed by atoms with Crippen LogP contribution >= 0.6 is 23.5 Å². The van der Waals surface area contributed by atoms with Gasteiger partial charge in [-0.2, -0.15) is 0 Å². The monoisotopic (exact) mass is 622 g/mol. The Morgan fingerprint density at radius 2 is 1.19 bits per heavy atom. The number of hydrogen-bond donors (Lipinski definition) is 5. The molecule has 0 bridgehead atoms. The lowest BCUT2D eigenvalue weighted by Crippen LogP contribution is -2.17. The molecule has 2 heterocycles. The van der Waals surface area contributed by atoms with Crippen LogP contribution in [-0.4, -0.2) is 64.2 Å². The van der Waals surface area contributed by atoms with Gasteiger partial charge in [0.25, 0.3) is 11.4 Å². The Balaban J connectivity index is 1.20. The van der Waals surface area contributed by atoms with Gasteiger partial charge in [0.2, 0.25) is 11.8 Å². The van der Waals surface area contributed by atoms with Gasteiger partial charge < -0.3 is 25.7 Å². The van der Waals surface area contributed by atoms with Crippen molar-refractivity contribution in [3.05, 3.63) is 80.4 Å². The zero-order chi connectivity index (χ0) is 30.7. The van der Waals surface area contributed by atoms with Crippen molar-refractivity contribution in [2.24, 2.45) is 0 Å². The van der Waals surface area contributed by atoms with Gasteiger partial charge in [0.05, 0.1) is 49.0 Å². The van der Waals surface area contributed by atoms with E-state index in [1.165, 1.54) is 54.6 Å². The molecule has 0 unspecified atom stereocenters. The molecule has 18 heteroatoms. The van der Waals surface area contributed by atoms with Crippen LogP contribution in [0.2, 0.25) is 0 Å². The van der Waals surface area contributed by atoms with Crippen molar-refractivity contribution < 1.29 is 29.3 Å². The van der Waals surface area contributed by atoms with Gasteiger partial charge >= 0.3 is 5.97 Å². The minimum atomic E-state index is -1.27. The summed E-state index contributed by atoms with van der Waals surface area (Å²) in [5.74, 6) is -2.48. The molecular formula is C25H18N8O8S2. The van der Waals surface area contributed by atoms with Crippen LogP contribution < -0.4 is 10.6 Å². The third-order valence-electron chi connectivity index (χ3n) is 5.74. The SMILES string of the molecule is O=C(CSc1nc2ccc([N+](=O)[O-])cc2[nH]1)Nc1cc(NC(=O)CSc2nc3ccc([N+](=O)[O-])cc3[nH]2)cc(C(=O)O)c1. The molecule has 218 valence electrons. The van der Waals surface area contributed by atoms with Gasteiger partial charge in [-0.15, -0.1) is 0 Å². The number of imidazole rings is 2. The number of thioether (sulfide) groups is 2. The number of aromatic amines is 2. The predicted octanol–water partition coefficient (Wildman–Crippen LogP) is 4.42. The normalized spacial score (nSPS) is 11.0. The number of rotatable bonds is 11. The first-order valence-electron chi connectivity index (χ1n) is 12.1. The maximum atomic E-state index is 12.6. The summed E-state index contributed by atoms with van der Waals surface area (Å²) in [6.45, 7) is 0. The summed E-state index contributed by atoms with van der Waals surface area (Å²) in [5, 5.41) is 37.3. The Morgan fingerprint density at radius 3 is 1.58 bits per heavy atom. The van der Waals surface area contributed by atoms with E-state index < -0.39 is 27.6 Å². The summed E-state index contributed by atoms with van der Waals surface area (Å²) in [5.41, 5.74) is 1.74. The molecule has 5 N–H and O–H groups in total. The van der Waals surface area contributed by atoms with Gasteiger partial charge in [-0.1, -0.05) is 23.5 Å². The maximum absolute atomic E-state index is 12.6. The number of carbonyl (C=O) groups is 3. The first-order valence-corrected chi connectivity index (χ1v) is 14.0. The molecule has 3 aromatic carbocycles. The summed E-state index contributed by atoms with van der Waals surface area (Å²) < 4.78 is 0. The molecule has 2 aromatic heterocycles. The molecule has 0 aliphatic rings. The van der Waals surface area contributed by atoms with Crippen molar-refractivity contribution in [2.45, 2.75) is 10.3 Å². The number of carbonyl (C=O) groups excluding carboxylic acids is 2. The number of amides is 2. The third kappa shape index (κ3) is 7.05. The average Bonchev–Trinajstić information content (AvgIpc) is 3.57. The molecular weight excluding hydrogens is 604 g/mol. The summed E-state index contributed by atoms with van der Waals surface area (Å²) in [6.07, 6.45) is 0. The number of aromatic nitrogens is 4. The summed E-state index contributed by atoms with van der Waals surface area (Å²) in [6, 6.07) is 12.2. The van der Waals surface area contributed by atoms with E-state index in [0.717, 1.165) is 23.5 Å². The largest absolute Gasteiger partial charge is 0.478 e. The van der Waals surface area contributed by atoms with Gasteiger partial charge in [-0.05, 0) is 30.3 Å². The number of nitro benzene ring substituents is 2. The molecule has 0 fully saturated rings. The molecule has 0 saturated carbocycles. The van der Waals surface area contributed by atoms with E-state index >= 15 is 0 Å². The maximum Gasteiger partial charge on any atom is 0.335 e. The fraction of sp³-hybridized carbons (Fsp3) is 0.0800. The highest BCUT2D eigenvalue weighted by Crippen LogP contribution is 2.26. The van der Waals surface area contributed by atoms with Crippen LogP contribution in [0.3, 0.4) is 0 Å². The minimum absolute atomic E-state index is 0.104. The number of benzene rings is 3. The smallest absolute Gasteiger partial charge is 0.335 e. The van der Waals surface area contributed by atoms with Gasteiger partial charge in [0.15, 0.2) is 10.3 Å². The van der Waals surface area contributed by atoms with Crippen LogP contribution in [-0.2, 0) is 9.59 Å². The van der Waals surface area contributed by atoms with Crippen LogP contribution in [0.4, 0.5) is 22.7 Å². The molecule has 0 aliphatic heterocycles. The molecule has 0 spiro atoms. The Kier molecular flexibility index (Phi) is 8.21. The fourth-order valence-electron chi connectivity index (χ4n) is 3.87. The zero-order valence-electron chi connectivity index (χ0n) is 21.5. The quantitative estimate of drug-likeness (QED) is 0.0781. The molecule has 0 aliphatic carbocycles. The van der Waals surface area contributed by atoms with E-state index in [1.54, 1.807) is 0 Å². The van der Waals surface area contributed by atoms with Crippen LogP contribution in [0.15, 0.2) is 64.9 Å². The van der Waals surface area contributed by atoms with E-state index in [-0.39, 0.29) is 39.8 Å². The van der Waals surface area contributed by atoms with E-state index in [4.69, 9.17) is 0 Å². The Bertz CT molecular complexity index is 1810. The van der Waals surface area contributed by atoms with Crippen molar-refractivity contribution in [1.29, 1.82) is 0 Å². The fourth-order valence-corrected chi connectivity index (χ4v) is 5.24. The predicted molar refractivity (Wildman–Crippen MR) is 158 cm³/mol. The van der Waals surface area contributed by atoms with Gasteiger partial charge in [0.1, 0.15) is 0 Å². The molecule has 43 heavy (non-hydrogen) atoms. The van der Waals surface area contributed by atoms with Crippen LogP contribution in [0.1, 0.15) is 10.4 Å². The number of H-pyrrole nitrogens is 2. The number of carboxylic acids is 1. The highest BCUT2D eigenvalue weighted by atomic mass is 32.2. The number of nitrogens with zero attached hydrogens (tertiary/aromatic N) is 4. The lowest BCUT2D eigenvalue weighted by Gasteiger charge is -2.10. The average molecular weight is 623 g/mol. The number of nitrogens with one attached hydrogen (secondary N) is 4. The lowest BCUT2D eigenvalue weighted by atomic mass is 10.1. The van der Waals surface area contributed by atoms with Gasteiger partial charge in [-0.25, -0.2) is 14.8 Å². The molecule has 5 aromatic rings. The van der Waals surface area contributed by atoms with Crippen LogP contribution in [0.25, 0.3) is 22.1 Å². The van der Waals surface area contributed by atoms with E-state index in [2.05, 4.69) is 30.6 Å². The Morgan fingerprint density at radius 1 is 0.744 bits per heavy atom. The molecule has 2 amide bonds. The first-order chi connectivity index (χ1) is 20.5. The Hall–Kier alpha value is -5.49. The highest BCUT2D eigenvalue weighted by molar-refractivity contribution is 8.00. The summed E-state index contributed by atoms with van der Waals surface area (Å²) >= 11 is 2.08. The highest BCUT2D eigenvalue weighted by Gasteiger charge is 2.15. The second-order valence-corrected chi connectivity index (χ2v) is 10.7. The summed E-state index contributed by atoms with van der Waals surface area (Å²) in [4.78, 5) is 72.1. The third-order valence-corrected chi connectivity index (χ3v) is 7.48. The van der Waals surface area contributed by atoms with Crippen LogP contribution in [0.5, 0.6) is 0 Å². The number of aromatic carboxylic acids is 1. The number of anilines is 2. The second kappa shape index (κ2) is 12.2. The zero-order valence-corrected chi connectivity index (χ0v) is 23.2. The second-order valence-electron chi connectivity index (χ2n) is 8.78. The minimum Gasteiger partial charge on any atom is -0.478 e. The van der Waals surface area contributed by atoms with Crippen molar-refractivity contribution in [3.8, 4) is 0 Å². The molecule has 0 atom stereocenters. The Labute approximate surface area is 248 Å². The van der Waals surface area contributed by atoms with Crippen molar-refractivity contribution in [2.75, 3.05) is 22.1 Å². The molecule has 0 radical (unpaired) electrons. The van der Waals surface area contributed by atoms with E-state index in [1.807, 2.05) is 0 Å². The van der Waals surface area contributed by atoms with Crippen LogP contribution in [0, 0.1) is 20.2 Å². The summed E-state index contributed by atoms with van der Waals surface area (Å²) in [7, 11) is 0. The number of nitro groups is 2. The lowest BCUT2D eigenvalue weighted by molar-refractivity contribution is -0.384. The van der Waals surface area contributed by atoms with Crippen molar-refractivity contribution in [1.82, 2.24) is 19.9 Å². The van der Waals surface area contributed by atoms with Gasteiger partial charge in [-0.3, -0.25) is 29.8 Å². The molecule has 0 saturated heterocycles. The molecule has 16 nitrogen and oxygen atoms in total. The van der Waals surface area contributed by atoms with Crippen molar-refractivity contribution >= 4 is 86.1 Å². The van der Waals surface area contributed by atoms with Gasteiger partial charge in [0, 0.05) is 35.6 Å². The standard InChI is InChI=1S/C25H18N8O8S2/c34-21(10-42-24-28-17-3-1-15(32(38)39)8-19(17)30-24)26-13-5-12(23(36)37)6-14(7-13)27-22(35)11-43-25-29-18-4-2-16(33(40)41)9-20(18)31-25/h1-9H,10-11H2,(H,26,34)(H,27,35)(H,28,30)(H,29,31)(H,36,37). The van der Waals surface area contributed by atoms with E-state index in [9.17, 15) is 39.7 Å². The topological polar surface area (TPSA) is 239 Å². The number of carboxylic acid groups (broad SMARTS) is 1.